The molecule has 1 amide bonds. The molecule has 0 bridgehead atoms. The second-order valence-corrected chi connectivity index (χ2v) is 8.72. The third kappa shape index (κ3) is 5.25. The van der Waals surface area contributed by atoms with Crippen molar-refractivity contribution >= 4 is 21.6 Å². The van der Waals surface area contributed by atoms with E-state index in [-0.39, 0.29) is 5.91 Å². The molecule has 0 saturated carbocycles. The Morgan fingerprint density at radius 2 is 1.64 bits per heavy atom. The van der Waals surface area contributed by atoms with Crippen LogP contribution in [0.15, 0.2) is 48.5 Å². The first-order valence-electron chi connectivity index (χ1n) is 9.11. The number of hydrogen-bond donors (Lipinski definition) is 0. The minimum Gasteiger partial charge on any atom is -0.497 e. The van der Waals surface area contributed by atoms with E-state index in [1.165, 1.54) is 4.31 Å². The molecule has 0 fully saturated rings. The first-order valence-corrected chi connectivity index (χ1v) is 11.0. The summed E-state index contributed by atoms with van der Waals surface area (Å²) in [6.45, 7) is 4.13. The number of sulfonamides is 1. The number of aryl methyl sites for hydroxylation is 1. The average molecular weight is 405 g/mol. The number of rotatable bonds is 8. The number of amides is 1. The molecule has 2 rings (SSSR count). The highest BCUT2D eigenvalue weighted by Gasteiger charge is 2.33. The van der Waals surface area contributed by atoms with Crippen molar-refractivity contribution in [3.05, 3.63) is 59.7 Å². The Hall–Kier alpha value is -2.54. The number of ether oxygens (including phenoxy) is 1. The van der Waals surface area contributed by atoms with Crippen molar-refractivity contribution in [1.29, 1.82) is 0 Å². The van der Waals surface area contributed by atoms with E-state index in [9.17, 15) is 13.2 Å². The van der Waals surface area contributed by atoms with Gasteiger partial charge in [0.2, 0.25) is 15.9 Å². The predicted molar refractivity (Wildman–Crippen MR) is 112 cm³/mol. The summed E-state index contributed by atoms with van der Waals surface area (Å²) < 4.78 is 31.4. The van der Waals surface area contributed by atoms with Gasteiger partial charge in [0.25, 0.3) is 0 Å². The Kier molecular flexibility index (Phi) is 7.07. The highest BCUT2D eigenvalue weighted by molar-refractivity contribution is 7.92. The minimum absolute atomic E-state index is 0.246. The standard InChI is InChI=1S/C21H28N2O4S/c1-6-20(23(28(5,25)26)18-11-7-16(2)8-12-18)21(24)22(3)15-17-9-13-19(27-4)14-10-17/h7-14,20H,6,15H2,1-5H3. The van der Waals surface area contributed by atoms with Crippen LogP contribution in [0.3, 0.4) is 0 Å². The highest BCUT2D eigenvalue weighted by Crippen LogP contribution is 2.24. The van der Waals surface area contributed by atoms with E-state index in [1.54, 1.807) is 31.2 Å². The maximum absolute atomic E-state index is 13.1. The highest BCUT2D eigenvalue weighted by atomic mass is 32.2. The first kappa shape index (κ1) is 21.8. The van der Waals surface area contributed by atoms with E-state index in [1.807, 2.05) is 50.2 Å². The Morgan fingerprint density at radius 1 is 1.07 bits per heavy atom. The van der Waals surface area contributed by atoms with Gasteiger partial charge in [-0.05, 0) is 43.2 Å². The average Bonchev–Trinajstić information content (AvgIpc) is 2.66. The molecule has 0 N–H and O–H groups in total. The molecule has 0 heterocycles. The van der Waals surface area contributed by atoms with Gasteiger partial charge in [0.05, 0.1) is 19.1 Å². The van der Waals surface area contributed by atoms with Gasteiger partial charge in [-0.25, -0.2) is 8.42 Å². The van der Waals surface area contributed by atoms with Gasteiger partial charge in [0.1, 0.15) is 11.8 Å². The summed E-state index contributed by atoms with van der Waals surface area (Å²) in [6, 6.07) is 13.8. The third-order valence-electron chi connectivity index (χ3n) is 4.56. The number of hydrogen-bond acceptors (Lipinski definition) is 4. The van der Waals surface area contributed by atoms with Crippen LogP contribution in [-0.2, 0) is 21.4 Å². The van der Waals surface area contributed by atoms with E-state index in [4.69, 9.17) is 4.74 Å². The number of carbonyl (C=O) groups excluding carboxylic acids is 1. The Morgan fingerprint density at radius 3 is 2.11 bits per heavy atom. The first-order chi connectivity index (χ1) is 13.2. The van der Waals surface area contributed by atoms with Crippen molar-refractivity contribution in [2.24, 2.45) is 0 Å². The van der Waals surface area contributed by atoms with Crippen LogP contribution in [0.4, 0.5) is 5.69 Å². The molecule has 0 radical (unpaired) electrons. The van der Waals surface area contributed by atoms with E-state index in [0.717, 1.165) is 23.1 Å². The van der Waals surface area contributed by atoms with Gasteiger partial charge in [-0.3, -0.25) is 9.10 Å². The van der Waals surface area contributed by atoms with Crippen molar-refractivity contribution in [3.63, 3.8) is 0 Å². The summed E-state index contributed by atoms with van der Waals surface area (Å²) in [4.78, 5) is 14.7. The summed E-state index contributed by atoms with van der Waals surface area (Å²) in [7, 11) is -0.349. The predicted octanol–water partition coefficient (Wildman–Crippen LogP) is 3.21. The molecule has 0 aromatic heterocycles. The van der Waals surface area contributed by atoms with Gasteiger partial charge in [0, 0.05) is 13.6 Å². The lowest BCUT2D eigenvalue weighted by Gasteiger charge is -2.33. The Balaban J connectivity index is 2.28. The normalized spacial score (nSPS) is 12.3. The molecule has 7 heteroatoms. The maximum atomic E-state index is 13.1. The molecule has 0 aliphatic heterocycles. The fraction of sp³-hybridized carbons (Fsp3) is 0.381. The zero-order valence-corrected chi connectivity index (χ0v) is 17.9. The molecule has 28 heavy (non-hydrogen) atoms. The molecule has 6 nitrogen and oxygen atoms in total. The topological polar surface area (TPSA) is 66.9 Å². The second-order valence-electron chi connectivity index (χ2n) is 6.86. The van der Waals surface area contributed by atoms with Crippen LogP contribution in [0.2, 0.25) is 0 Å². The van der Waals surface area contributed by atoms with E-state index in [0.29, 0.717) is 18.7 Å². The van der Waals surface area contributed by atoms with Crippen molar-refractivity contribution in [3.8, 4) is 5.75 Å². The van der Waals surface area contributed by atoms with E-state index in [2.05, 4.69) is 0 Å². The molecule has 0 aliphatic rings. The van der Waals surface area contributed by atoms with Gasteiger partial charge in [0.15, 0.2) is 0 Å². The summed E-state index contributed by atoms with van der Waals surface area (Å²) in [5.41, 5.74) is 2.45. The van der Waals surface area contributed by atoms with Gasteiger partial charge in [-0.15, -0.1) is 0 Å². The summed E-state index contributed by atoms with van der Waals surface area (Å²) in [6.07, 6.45) is 1.50. The smallest absolute Gasteiger partial charge is 0.246 e. The monoisotopic (exact) mass is 404 g/mol. The largest absolute Gasteiger partial charge is 0.497 e. The SMILES string of the molecule is CCC(C(=O)N(C)Cc1ccc(OC)cc1)N(c1ccc(C)cc1)S(C)(=O)=O. The zero-order chi connectivity index (χ0) is 20.9. The second kappa shape index (κ2) is 9.10. The molecule has 0 saturated heterocycles. The third-order valence-corrected chi connectivity index (χ3v) is 5.74. The van der Waals surface area contributed by atoms with Crippen LogP contribution in [-0.4, -0.2) is 45.7 Å². The number of benzene rings is 2. The zero-order valence-electron chi connectivity index (χ0n) is 17.0. The lowest BCUT2D eigenvalue weighted by Crippen LogP contribution is -2.49. The number of anilines is 1. The molecular weight excluding hydrogens is 376 g/mol. The number of likely N-dealkylation sites (N-methyl/N-ethyl adjacent to an activating group) is 1. The molecular formula is C21H28N2O4S. The van der Waals surface area contributed by atoms with Crippen LogP contribution in [0.1, 0.15) is 24.5 Å². The lowest BCUT2D eigenvalue weighted by atomic mass is 10.1. The summed E-state index contributed by atoms with van der Waals surface area (Å²) >= 11 is 0. The van der Waals surface area contributed by atoms with Gasteiger partial charge >= 0.3 is 0 Å². The fourth-order valence-corrected chi connectivity index (χ4v) is 4.28. The number of nitrogens with zero attached hydrogens (tertiary/aromatic N) is 2. The van der Waals surface area contributed by atoms with Crippen LogP contribution >= 0.6 is 0 Å². The maximum Gasteiger partial charge on any atom is 0.246 e. The molecule has 0 spiro atoms. The van der Waals surface area contributed by atoms with Gasteiger partial charge in [-0.2, -0.15) is 0 Å². The van der Waals surface area contributed by atoms with E-state index >= 15 is 0 Å². The van der Waals surface area contributed by atoms with Gasteiger partial charge in [-0.1, -0.05) is 36.8 Å². The Bertz CT molecular complexity index is 893. The molecule has 1 atom stereocenters. The quantitative estimate of drug-likeness (QED) is 0.678. The molecule has 1 unspecified atom stereocenters. The van der Waals surface area contributed by atoms with Crippen molar-refractivity contribution in [1.82, 2.24) is 4.90 Å². The molecule has 2 aromatic carbocycles. The van der Waals surface area contributed by atoms with Gasteiger partial charge < -0.3 is 9.64 Å². The number of methoxy groups -OCH3 is 1. The van der Waals surface area contributed by atoms with Crippen LogP contribution in [0.5, 0.6) is 5.75 Å². The molecule has 152 valence electrons. The fourth-order valence-electron chi connectivity index (χ4n) is 3.07. The van der Waals surface area contributed by atoms with Crippen LogP contribution in [0.25, 0.3) is 0 Å². The van der Waals surface area contributed by atoms with Crippen LogP contribution < -0.4 is 9.04 Å². The molecule has 0 aliphatic carbocycles. The summed E-state index contributed by atoms with van der Waals surface area (Å²) in [5.74, 6) is 0.496. The number of carbonyl (C=O) groups is 1. The van der Waals surface area contributed by atoms with Crippen molar-refractivity contribution in [2.75, 3.05) is 24.7 Å². The van der Waals surface area contributed by atoms with Crippen molar-refractivity contribution < 1.29 is 17.9 Å². The molecule has 2 aromatic rings. The minimum atomic E-state index is -3.63. The van der Waals surface area contributed by atoms with Crippen molar-refractivity contribution in [2.45, 2.75) is 32.9 Å². The van der Waals surface area contributed by atoms with Crippen LogP contribution in [0, 0.1) is 6.92 Å². The summed E-state index contributed by atoms with van der Waals surface area (Å²) in [5, 5.41) is 0. The lowest BCUT2D eigenvalue weighted by molar-refractivity contribution is -0.131. The van der Waals surface area contributed by atoms with E-state index < -0.39 is 16.1 Å². The Labute approximate surface area is 167 Å².